The van der Waals surface area contributed by atoms with Crippen LogP contribution in [0.1, 0.15) is 36.0 Å². The molecular weight excluding hydrogens is 403 g/mol. The minimum atomic E-state index is -4.43. The number of pyridine rings is 1. The average Bonchev–Trinajstić information content (AvgIpc) is 2.74. The Morgan fingerprint density at radius 1 is 1.06 bits per heavy atom. The standard InChI is InChI=1S/C24H24F3N3O/c1-16-12-22(30-10-3-2-4-11-30)29-21-9-8-19(15-20(16)21)28-23(31)14-17-6-5-7-18(13-17)24(25,26)27/h5-9,12-13,15H,2-4,10-11,14H2,1H3,(H,28,31). The van der Waals surface area contributed by atoms with Gasteiger partial charge in [0.2, 0.25) is 5.91 Å². The number of rotatable bonds is 4. The van der Waals surface area contributed by atoms with Crippen LogP contribution in [0.5, 0.6) is 0 Å². The Labute approximate surface area is 179 Å². The third-order valence-electron chi connectivity index (χ3n) is 5.58. The molecule has 2 heterocycles. The van der Waals surface area contributed by atoms with Crippen molar-refractivity contribution in [1.29, 1.82) is 0 Å². The van der Waals surface area contributed by atoms with Crippen LogP contribution in [-0.4, -0.2) is 24.0 Å². The molecule has 4 rings (SSSR count). The maximum Gasteiger partial charge on any atom is 0.416 e. The SMILES string of the molecule is Cc1cc(N2CCCCC2)nc2ccc(NC(=O)Cc3cccc(C(F)(F)F)c3)cc12. The van der Waals surface area contributed by atoms with E-state index in [9.17, 15) is 18.0 Å². The monoisotopic (exact) mass is 427 g/mol. The second-order valence-electron chi connectivity index (χ2n) is 8.00. The summed E-state index contributed by atoms with van der Waals surface area (Å²) in [6.07, 6.45) is -0.951. The Hall–Kier alpha value is -3.09. The van der Waals surface area contributed by atoms with E-state index >= 15 is 0 Å². The predicted octanol–water partition coefficient (Wildman–Crippen LogP) is 5.73. The largest absolute Gasteiger partial charge is 0.416 e. The molecule has 0 radical (unpaired) electrons. The molecular formula is C24H24F3N3O. The molecule has 1 fully saturated rings. The molecule has 162 valence electrons. The summed E-state index contributed by atoms with van der Waals surface area (Å²) in [6, 6.07) is 12.4. The topological polar surface area (TPSA) is 45.2 Å². The van der Waals surface area contributed by atoms with Crippen molar-refractivity contribution >= 4 is 28.3 Å². The quantitative estimate of drug-likeness (QED) is 0.578. The van der Waals surface area contributed by atoms with E-state index in [0.717, 1.165) is 47.5 Å². The lowest BCUT2D eigenvalue weighted by Gasteiger charge is -2.28. The molecule has 1 aliphatic heterocycles. The Bertz CT molecular complexity index is 1100. The molecule has 31 heavy (non-hydrogen) atoms. The molecule has 0 bridgehead atoms. The van der Waals surface area contributed by atoms with E-state index in [2.05, 4.69) is 16.3 Å². The van der Waals surface area contributed by atoms with Gasteiger partial charge in [-0.05, 0) is 67.6 Å². The van der Waals surface area contributed by atoms with Crippen molar-refractivity contribution in [2.24, 2.45) is 0 Å². The van der Waals surface area contributed by atoms with Gasteiger partial charge >= 0.3 is 6.18 Å². The van der Waals surface area contributed by atoms with Crippen LogP contribution >= 0.6 is 0 Å². The van der Waals surface area contributed by atoms with Gasteiger partial charge in [0.1, 0.15) is 5.82 Å². The Kier molecular flexibility index (Phi) is 5.85. The number of alkyl halides is 3. The van der Waals surface area contributed by atoms with E-state index in [4.69, 9.17) is 4.98 Å². The molecule has 0 unspecified atom stereocenters. The van der Waals surface area contributed by atoms with Crippen LogP contribution in [0.2, 0.25) is 0 Å². The fourth-order valence-electron chi connectivity index (χ4n) is 3.99. The maximum absolute atomic E-state index is 12.9. The summed E-state index contributed by atoms with van der Waals surface area (Å²) in [5.41, 5.74) is 2.09. The number of aromatic nitrogens is 1. The number of nitrogens with zero attached hydrogens (tertiary/aromatic N) is 2. The number of fused-ring (bicyclic) bond motifs is 1. The zero-order chi connectivity index (χ0) is 22.0. The minimum Gasteiger partial charge on any atom is -0.357 e. The molecule has 7 heteroatoms. The molecule has 1 aliphatic rings. The van der Waals surface area contributed by atoms with Crippen molar-refractivity contribution in [1.82, 2.24) is 4.98 Å². The number of amides is 1. The molecule has 1 aromatic heterocycles. The third kappa shape index (κ3) is 4.98. The van der Waals surface area contributed by atoms with Crippen LogP contribution < -0.4 is 10.2 Å². The van der Waals surface area contributed by atoms with E-state index in [1.165, 1.54) is 31.4 Å². The second-order valence-corrected chi connectivity index (χ2v) is 8.00. The Balaban J connectivity index is 1.50. The lowest BCUT2D eigenvalue weighted by atomic mass is 10.1. The molecule has 1 N–H and O–H groups in total. The highest BCUT2D eigenvalue weighted by atomic mass is 19.4. The van der Waals surface area contributed by atoms with Gasteiger partial charge in [-0.25, -0.2) is 4.98 Å². The molecule has 0 atom stereocenters. The number of nitrogens with one attached hydrogen (secondary N) is 1. The number of anilines is 2. The van der Waals surface area contributed by atoms with Gasteiger partial charge in [0.05, 0.1) is 17.5 Å². The van der Waals surface area contributed by atoms with Gasteiger partial charge in [-0.1, -0.05) is 18.2 Å². The lowest BCUT2D eigenvalue weighted by Crippen LogP contribution is -2.30. The fourth-order valence-corrected chi connectivity index (χ4v) is 3.99. The van der Waals surface area contributed by atoms with Crippen LogP contribution in [0.4, 0.5) is 24.7 Å². The number of piperidine rings is 1. The van der Waals surface area contributed by atoms with Crippen molar-refractivity contribution < 1.29 is 18.0 Å². The van der Waals surface area contributed by atoms with Gasteiger partial charge in [0, 0.05) is 24.2 Å². The number of aryl methyl sites for hydroxylation is 1. The number of hydrogen-bond acceptors (Lipinski definition) is 3. The molecule has 3 aromatic rings. The van der Waals surface area contributed by atoms with E-state index < -0.39 is 11.7 Å². The number of halogens is 3. The summed E-state index contributed by atoms with van der Waals surface area (Å²) in [4.78, 5) is 19.5. The molecule has 0 aliphatic carbocycles. The lowest BCUT2D eigenvalue weighted by molar-refractivity contribution is -0.137. The zero-order valence-electron chi connectivity index (χ0n) is 17.3. The highest BCUT2D eigenvalue weighted by molar-refractivity contribution is 5.95. The first kappa shape index (κ1) is 21.2. The summed E-state index contributed by atoms with van der Waals surface area (Å²) < 4.78 is 38.6. The van der Waals surface area contributed by atoms with Gasteiger partial charge in [0.25, 0.3) is 0 Å². The van der Waals surface area contributed by atoms with Crippen LogP contribution in [0.25, 0.3) is 10.9 Å². The molecule has 1 saturated heterocycles. The molecule has 0 spiro atoms. The first-order chi connectivity index (χ1) is 14.8. The molecule has 1 amide bonds. The normalized spacial score (nSPS) is 14.6. The number of carbonyl (C=O) groups is 1. The van der Waals surface area contributed by atoms with Gasteiger partial charge in [-0.2, -0.15) is 13.2 Å². The van der Waals surface area contributed by atoms with Crippen LogP contribution in [0.3, 0.4) is 0 Å². The molecule has 4 nitrogen and oxygen atoms in total. The number of hydrogen-bond donors (Lipinski definition) is 1. The molecule has 0 saturated carbocycles. The van der Waals surface area contributed by atoms with Crippen molar-refractivity contribution in [2.75, 3.05) is 23.3 Å². The van der Waals surface area contributed by atoms with Crippen molar-refractivity contribution in [3.05, 3.63) is 65.2 Å². The van der Waals surface area contributed by atoms with Gasteiger partial charge < -0.3 is 10.2 Å². The van der Waals surface area contributed by atoms with Crippen molar-refractivity contribution in [3.8, 4) is 0 Å². The number of benzene rings is 2. The van der Waals surface area contributed by atoms with Crippen molar-refractivity contribution in [3.63, 3.8) is 0 Å². The first-order valence-corrected chi connectivity index (χ1v) is 10.4. The van der Waals surface area contributed by atoms with Gasteiger partial charge in [-0.3, -0.25) is 4.79 Å². The smallest absolute Gasteiger partial charge is 0.357 e. The van der Waals surface area contributed by atoms with Gasteiger partial charge in [-0.15, -0.1) is 0 Å². The van der Waals surface area contributed by atoms with Crippen LogP contribution in [0.15, 0.2) is 48.5 Å². The summed E-state index contributed by atoms with van der Waals surface area (Å²) in [6.45, 7) is 4.05. The summed E-state index contributed by atoms with van der Waals surface area (Å²) >= 11 is 0. The predicted molar refractivity (Wildman–Crippen MR) is 116 cm³/mol. The van der Waals surface area contributed by atoms with E-state index in [-0.39, 0.29) is 12.3 Å². The van der Waals surface area contributed by atoms with Crippen LogP contribution in [0, 0.1) is 6.92 Å². The van der Waals surface area contributed by atoms with E-state index in [1.54, 1.807) is 6.07 Å². The maximum atomic E-state index is 12.9. The summed E-state index contributed by atoms with van der Waals surface area (Å²) in [5.74, 6) is 0.611. The van der Waals surface area contributed by atoms with E-state index in [0.29, 0.717) is 11.3 Å². The summed E-state index contributed by atoms with van der Waals surface area (Å²) in [7, 11) is 0. The fraction of sp³-hybridized carbons (Fsp3) is 0.333. The van der Waals surface area contributed by atoms with Crippen LogP contribution in [-0.2, 0) is 17.4 Å². The summed E-state index contributed by atoms with van der Waals surface area (Å²) in [5, 5.41) is 3.73. The second kappa shape index (κ2) is 8.57. The van der Waals surface area contributed by atoms with Gasteiger partial charge in [0.15, 0.2) is 0 Å². The van der Waals surface area contributed by atoms with E-state index in [1.807, 2.05) is 19.1 Å². The highest BCUT2D eigenvalue weighted by Crippen LogP contribution is 2.30. The highest BCUT2D eigenvalue weighted by Gasteiger charge is 2.30. The van der Waals surface area contributed by atoms with Crippen molar-refractivity contribution in [2.45, 2.75) is 38.8 Å². The third-order valence-corrected chi connectivity index (χ3v) is 5.58. The zero-order valence-corrected chi connectivity index (χ0v) is 17.3. The molecule has 2 aromatic carbocycles. The number of carbonyl (C=O) groups excluding carboxylic acids is 1. The Morgan fingerprint density at radius 3 is 2.58 bits per heavy atom. The average molecular weight is 427 g/mol. The Morgan fingerprint density at radius 2 is 1.84 bits per heavy atom. The first-order valence-electron chi connectivity index (χ1n) is 10.4. The minimum absolute atomic E-state index is 0.132.